The number of rotatable bonds is 1. The van der Waals surface area contributed by atoms with Gasteiger partial charge in [0.15, 0.2) is 0 Å². The van der Waals surface area contributed by atoms with Gasteiger partial charge in [0.05, 0.1) is 11.2 Å². The Kier molecular flexibility index (Phi) is 2.44. The van der Waals surface area contributed by atoms with Crippen LogP contribution in [-0.4, -0.2) is 17.4 Å². The molecule has 0 N–H and O–H groups in total. The van der Waals surface area contributed by atoms with Crippen LogP contribution in [0.25, 0.3) is 0 Å². The Morgan fingerprint density at radius 2 is 2.24 bits per heavy atom. The molecule has 17 heavy (non-hydrogen) atoms. The highest BCUT2D eigenvalue weighted by atomic mass is 32.1. The standard InChI is InChI=1S/C13H12N2OS/c1-9-14-8-12(17-9)13(16)15-7-6-10-4-2-3-5-11(10)15/h2-5,8H,6-7H2,1H3. The number of nitrogens with zero attached hydrogens (tertiary/aromatic N) is 2. The molecule has 0 atom stereocenters. The summed E-state index contributed by atoms with van der Waals surface area (Å²) in [5.41, 5.74) is 2.30. The van der Waals surface area contributed by atoms with E-state index in [1.165, 1.54) is 16.9 Å². The van der Waals surface area contributed by atoms with E-state index in [0.717, 1.165) is 28.5 Å². The number of aryl methyl sites for hydroxylation is 1. The molecule has 0 spiro atoms. The maximum absolute atomic E-state index is 12.3. The average molecular weight is 244 g/mol. The van der Waals surface area contributed by atoms with Crippen LogP contribution in [0.5, 0.6) is 0 Å². The molecule has 3 nitrogen and oxygen atoms in total. The molecule has 1 aromatic heterocycles. The number of amides is 1. The lowest BCUT2D eigenvalue weighted by atomic mass is 10.2. The Bertz CT molecular complexity index is 576. The Hall–Kier alpha value is -1.68. The molecule has 0 bridgehead atoms. The topological polar surface area (TPSA) is 33.2 Å². The van der Waals surface area contributed by atoms with Crippen LogP contribution in [0.15, 0.2) is 30.5 Å². The van der Waals surface area contributed by atoms with Crippen molar-refractivity contribution in [3.05, 3.63) is 45.9 Å². The molecule has 0 fully saturated rings. The minimum absolute atomic E-state index is 0.0700. The van der Waals surface area contributed by atoms with Gasteiger partial charge in [0.1, 0.15) is 4.88 Å². The number of thiazole rings is 1. The number of benzene rings is 1. The lowest BCUT2D eigenvalue weighted by molar-refractivity contribution is 0.0993. The van der Waals surface area contributed by atoms with E-state index in [-0.39, 0.29) is 5.91 Å². The van der Waals surface area contributed by atoms with Crippen LogP contribution < -0.4 is 4.90 Å². The third-order valence-corrected chi connectivity index (χ3v) is 3.87. The fraction of sp³-hybridized carbons (Fsp3) is 0.231. The molecule has 1 aliphatic heterocycles. The predicted molar refractivity (Wildman–Crippen MR) is 68.7 cm³/mol. The van der Waals surface area contributed by atoms with E-state index in [9.17, 15) is 4.79 Å². The number of hydrogen-bond acceptors (Lipinski definition) is 3. The van der Waals surface area contributed by atoms with Crippen molar-refractivity contribution in [3.63, 3.8) is 0 Å². The second kappa shape index (κ2) is 3.96. The monoisotopic (exact) mass is 244 g/mol. The van der Waals surface area contributed by atoms with Crippen molar-refractivity contribution < 1.29 is 4.79 Å². The van der Waals surface area contributed by atoms with E-state index in [0.29, 0.717) is 0 Å². The van der Waals surface area contributed by atoms with Gasteiger partial charge in [0.25, 0.3) is 5.91 Å². The average Bonchev–Trinajstić information content (AvgIpc) is 2.94. The third-order valence-electron chi connectivity index (χ3n) is 2.96. The Balaban J connectivity index is 1.95. The number of fused-ring (bicyclic) bond motifs is 1. The summed E-state index contributed by atoms with van der Waals surface area (Å²) in [6.07, 6.45) is 2.61. The summed E-state index contributed by atoms with van der Waals surface area (Å²) in [4.78, 5) is 19.0. The van der Waals surface area contributed by atoms with Gasteiger partial charge in [0.2, 0.25) is 0 Å². The molecule has 0 radical (unpaired) electrons. The second-order valence-electron chi connectivity index (χ2n) is 4.08. The quantitative estimate of drug-likeness (QED) is 0.772. The van der Waals surface area contributed by atoms with Crippen molar-refractivity contribution in [2.75, 3.05) is 11.4 Å². The van der Waals surface area contributed by atoms with Crippen molar-refractivity contribution in [2.45, 2.75) is 13.3 Å². The Morgan fingerprint density at radius 3 is 3.00 bits per heavy atom. The molecule has 1 amide bonds. The van der Waals surface area contributed by atoms with Crippen LogP contribution in [0.4, 0.5) is 5.69 Å². The lowest BCUT2D eigenvalue weighted by Gasteiger charge is -2.15. The number of anilines is 1. The predicted octanol–water partition coefficient (Wildman–Crippen LogP) is 2.65. The molecule has 2 aromatic rings. The first-order valence-electron chi connectivity index (χ1n) is 5.58. The molecule has 0 saturated heterocycles. The molecule has 2 heterocycles. The largest absolute Gasteiger partial charge is 0.307 e. The van der Waals surface area contributed by atoms with Crippen LogP contribution in [0, 0.1) is 6.92 Å². The maximum Gasteiger partial charge on any atom is 0.270 e. The Labute approximate surface area is 104 Å². The van der Waals surface area contributed by atoms with Crippen LogP contribution in [0.2, 0.25) is 0 Å². The zero-order chi connectivity index (χ0) is 11.8. The Morgan fingerprint density at radius 1 is 1.41 bits per heavy atom. The van der Waals surface area contributed by atoms with Crippen molar-refractivity contribution in [3.8, 4) is 0 Å². The zero-order valence-electron chi connectivity index (χ0n) is 9.51. The minimum Gasteiger partial charge on any atom is -0.307 e. The van der Waals surface area contributed by atoms with Gasteiger partial charge >= 0.3 is 0 Å². The van der Waals surface area contributed by atoms with E-state index < -0.39 is 0 Å². The SMILES string of the molecule is Cc1ncc(C(=O)N2CCc3ccccc32)s1. The zero-order valence-corrected chi connectivity index (χ0v) is 10.3. The summed E-state index contributed by atoms with van der Waals surface area (Å²) in [7, 11) is 0. The molecule has 4 heteroatoms. The van der Waals surface area contributed by atoms with Gasteiger partial charge in [-0.3, -0.25) is 4.79 Å². The fourth-order valence-electron chi connectivity index (χ4n) is 2.14. The van der Waals surface area contributed by atoms with Crippen molar-refractivity contribution in [1.82, 2.24) is 4.98 Å². The number of carbonyl (C=O) groups is 1. The lowest BCUT2D eigenvalue weighted by Crippen LogP contribution is -2.28. The highest BCUT2D eigenvalue weighted by molar-refractivity contribution is 7.13. The summed E-state index contributed by atoms with van der Waals surface area (Å²) in [6, 6.07) is 8.08. The summed E-state index contributed by atoms with van der Waals surface area (Å²) in [5, 5.41) is 0.931. The molecule has 0 saturated carbocycles. The smallest absolute Gasteiger partial charge is 0.270 e. The molecule has 1 aromatic carbocycles. The number of carbonyl (C=O) groups excluding carboxylic acids is 1. The maximum atomic E-state index is 12.3. The van der Waals surface area contributed by atoms with Crippen LogP contribution in [0.3, 0.4) is 0 Å². The van der Waals surface area contributed by atoms with E-state index in [1.807, 2.05) is 30.0 Å². The third kappa shape index (κ3) is 1.74. The summed E-state index contributed by atoms with van der Waals surface area (Å²) < 4.78 is 0. The minimum atomic E-state index is 0.0700. The van der Waals surface area contributed by atoms with Gasteiger partial charge in [-0.15, -0.1) is 11.3 Å². The van der Waals surface area contributed by atoms with Gasteiger partial charge in [-0.25, -0.2) is 4.98 Å². The summed E-state index contributed by atoms with van der Waals surface area (Å²) in [5.74, 6) is 0.0700. The fourth-order valence-corrected chi connectivity index (χ4v) is 2.87. The number of aromatic nitrogens is 1. The van der Waals surface area contributed by atoms with Crippen LogP contribution >= 0.6 is 11.3 Å². The molecular formula is C13H12N2OS. The second-order valence-corrected chi connectivity index (χ2v) is 5.31. The molecule has 0 aliphatic carbocycles. The molecule has 3 rings (SSSR count). The molecule has 1 aliphatic rings. The van der Waals surface area contributed by atoms with E-state index in [1.54, 1.807) is 6.20 Å². The van der Waals surface area contributed by atoms with Crippen molar-refractivity contribution in [2.24, 2.45) is 0 Å². The van der Waals surface area contributed by atoms with Gasteiger partial charge in [0, 0.05) is 12.2 Å². The van der Waals surface area contributed by atoms with Crippen molar-refractivity contribution >= 4 is 22.9 Å². The molecular weight excluding hydrogens is 232 g/mol. The van der Waals surface area contributed by atoms with Gasteiger partial charge in [-0.1, -0.05) is 18.2 Å². The van der Waals surface area contributed by atoms with E-state index in [2.05, 4.69) is 11.1 Å². The van der Waals surface area contributed by atoms with Crippen LogP contribution in [-0.2, 0) is 6.42 Å². The highest BCUT2D eigenvalue weighted by Gasteiger charge is 2.26. The molecule has 86 valence electrons. The van der Waals surface area contributed by atoms with E-state index in [4.69, 9.17) is 0 Å². The van der Waals surface area contributed by atoms with Gasteiger partial charge in [-0.05, 0) is 25.0 Å². The van der Waals surface area contributed by atoms with Gasteiger partial charge in [-0.2, -0.15) is 0 Å². The van der Waals surface area contributed by atoms with E-state index >= 15 is 0 Å². The molecule has 0 unspecified atom stereocenters. The highest BCUT2D eigenvalue weighted by Crippen LogP contribution is 2.29. The summed E-state index contributed by atoms with van der Waals surface area (Å²) in [6.45, 7) is 2.69. The first kappa shape index (κ1) is 10.5. The first-order valence-corrected chi connectivity index (χ1v) is 6.39. The summed E-state index contributed by atoms with van der Waals surface area (Å²) >= 11 is 1.46. The van der Waals surface area contributed by atoms with Crippen LogP contribution in [0.1, 0.15) is 20.2 Å². The van der Waals surface area contributed by atoms with Crippen molar-refractivity contribution in [1.29, 1.82) is 0 Å². The number of hydrogen-bond donors (Lipinski definition) is 0. The number of para-hydroxylation sites is 1. The first-order chi connectivity index (χ1) is 8.25. The van der Waals surface area contributed by atoms with Gasteiger partial charge < -0.3 is 4.90 Å². The normalized spacial score (nSPS) is 13.8.